The summed E-state index contributed by atoms with van der Waals surface area (Å²) in [6, 6.07) is 5.63. The number of nitrogens with zero attached hydrogens (tertiary/aromatic N) is 6. The van der Waals surface area contributed by atoms with Crippen LogP contribution in [0, 0.1) is 22.7 Å². The first kappa shape index (κ1) is 24.6. The van der Waals surface area contributed by atoms with E-state index in [1.54, 1.807) is 29.9 Å². The number of allylic oxidation sites excluding steroid dienone is 1. The summed E-state index contributed by atoms with van der Waals surface area (Å²) in [5, 5.41) is 13.3. The third kappa shape index (κ3) is 5.48. The van der Waals surface area contributed by atoms with E-state index in [0.29, 0.717) is 18.0 Å². The van der Waals surface area contributed by atoms with Crippen LogP contribution < -0.4 is 39.2 Å². The highest BCUT2D eigenvalue weighted by Crippen LogP contribution is 2.20. The molecule has 8 nitrogen and oxygen atoms in total. The zero-order valence-corrected chi connectivity index (χ0v) is 20.4. The minimum atomic E-state index is -0.0209. The molecule has 0 amide bonds. The summed E-state index contributed by atoms with van der Waals surface area (Å²) < 4.78 is 3.48. The zero-order chi connectivity index (χ0) is 22.9. The van der Waals surface area contributed by atoms with Crippen molar-refractivity contribution in [2.75, 3.05) is 25.0 Å². The maximum absolute atomic E-state index is 12.8. The van der Waals surface area contributed by atoms with E-state index in [9.17, 15) is 4.79 Å². The highest BCUT2D eigenvalue weighted by molar-refractivity contribution is 5.42. The van der Waals surface area contributed by atoms with E-state index >= 15 is 0 Å². The van der Waals surface area contributed by atoms with Crippen LogP contribution in [0.1, 0.15) is 39.2 Å². The number of nitriles is 1. The van der Waals surface area contributed by atoms with Gasteiger partial charge in [0.1, 0.15) is 11.2 Å². The predicted octanol–water partition coefficient (Wildman–Crippen LogP) is -2.08. The van der Waals surface area contributed by atoms with E-state index < -0.39 is 0 Å². The molecule has 1 N–H and O–H groups in total. The molecule has 2 aromatic rings. The summed E-state index contributed by atoms with van der Waals surface area (Å²) >= 11 is 0. The monoisotopic (exact) mass is 468 g/mol. The quantitative estimate of drug-likeness (QED) is 0.543. The van der Waals surface area contributed by atoms with Gasteiger partial charge in [-0.15, -0.1) is 0 Å². The fourth-order valence-corrected chi connectivity index (χ4v) is 4.35. The molecule has 1 unspecified atom stereocenters. The number of imidazole rings is 1. The summed E-state index contributed by atoms with van der Waals surface area (Å²) in [5.74, 6) is 2.09. The van der Waals surface area contributed by atoms with Crippen molar-refractivity contribution in [3.8, 4) is 6.07 Å². The summed E-state index contributed by atoms with van der Waals surface area (Å²) in [4.78, 5) is 24.3. The van der Waals surface area contributed by atoms with Crippen LogP contribution in [-0.4, -0.2) is 38.7 Å². The fourth-order valence-electron chi connectivity index (χ4n) is 4.35. The van der Waals surface area contributed by atoms with E-state index in [-0.39, 0.29) is 23.5 Å². The maximum atomic E-state index is 12.8. The molecule has 0 bridgehead atoms. The van der Waals surface area contributed by atoms with Gasteiger partial charge in [-0.1, -0.05) is 25.8 Å². The van der Waals surface area contributed by atoms with Gasteiger partial charge in [-0.3, -0.25) is 9.47 Å². The van der Waals surface area contributed by atoms with Crippen LogP contribution in [-0.2, 0) is 13.6 Å². The number of likely N-dealkylation sites (tertiary alicyclic amines) is 1. The third-order valence-electron chi connectivity index (χ3n) is 5.90. The Morgan fingerprint density at radius 1 is 1.33 bits per heavy atom. The number of hydrogen-bond donors (Lipinski definition) is 1. The van der Waals surface area contributed by atoms with Crippen LogP contribution in [0.4, 0.5) is 5.82 Å². The average molecular weight is 469 g/mol. The van der Waals surface area contributed by atoms with Crippen molar-refractivity contribution in [2.45, 2.75) is 40.2 Å². The Labute approximate surface area is 200 Å². The second-order valence-electron chi connectivity index (χ2n) is 9.88. The fraction of sp³-hybridized carbons (Fsp3) is 0.500. The Kier molecular flexibility index (Phi) is 7.33. The number of rotatable bonds is 5. The number of fused-ring (bicyclic) bond motifs is 1. The zero-order valence-electron chi connectivity index (χ0n) is 19.7. The van der Waals surface area contributed by atoms with Crippen molar-refractivity contribution in [3.63, 3.8) is 0 Å². The second-order valence-corrected chi connectivity index (χ2v) is 9.88. The molecule has 175 valence electrons. The lowest BCUT2D eigenvalue weighted by Gasteiger charge is -2.30. The third-order valence-corrected chi connectivity index (χ3v) is 5.90. The maximum Gasteiger partial charge on any atom is 0.386 e. The molecule has 1 saturated heterocycles. The van der Waals surface area contributed by atoms with Gasteiger partial charge in [0.15, 0.2) is 0 Å². The lowest BCUT2D eigenvalue weighted by atomic mass is 9.97. The van der Waals surface area contributed by atoms with E-state index in [1.165, 1.54) is 0 Å². The molecule has 0 aromatic carbocycles. The van der Waals surface area contributed by atoms with Gasteiger partial charge < -0.3 is 17.7 Å². The van der Waals surface area contributed by atoms with Crippen molar-refractivity contribution in [3.05, 3.63) is 57.1 Å². The van der Waals surface area contributed by atoms with E-state index in [2.05, 4.69) is 42.0 Å². The number of hydrogen-bond acceptors (Lipinski definition) is 6. The van der Waals surface area contributed by atoms with Gasteiger partial charge in [0.05, 0.1) is 31.8 Å². The first-order valence-electron chi connectivity index (χ1n) is 11.2. The van der Waals surface area contributed by atoms with Crippen LogP contribution >= 0.6 is 0 Å². The highest BCUT2D eigenvalue weighted by atomic mass is 35.5. The van der Waals surface area contributed by atoms with Crippen molar-refractivity contribution in [2.24, 2.45) is 18.4 Å². The molecule has 1 fully saturated rings. The van der Waals surface area contributed by atoms with Crippen LogP contribution in [0.2, 0.25) is 0 Å². The second kappa shape index (κ2) is 9.84. The molecule has 2 aromatic heterocycles. The number of aromatic nitrogens is 3. The molecular formula is C24H31ClN7O. The summed E-state index contributed by atoms with van der Waals surface area (Å²) in [5.41, 5.74) is 1.32. The minimum absolute atomic E-state index is 0. The van der Waals surface area contributed by atoms with Crippen molar-refractivity contribution >= 4 is 11.9 Å². The predicted molar refractivity (Wildman–Crippen MR) is 124 cm³/mol. The number of halogens is 1. The Hall–Kier alpha value is -3.05. The molecule has 0 aliphatic carbocycles. The minimum Gasteiger partial charge on any atom is -1.00 e. The van der Waals surface area contributed by atoms with Crippen LogP contribution in [0.3, 0.4) is 0 Å². The normalized spacial score (nSPS) is 17.6. The number of anilines is 1. The average Bonchev–Trinajstić information content (AvgIpc) is 3.01. The molecule has 2 aliphatic rings. The smallest absolute Gasteiger partial charge is 0.386 e. The van der Waals surface area contributed by atoms with Crippen molar-refractivity contribution in [1.82, 2.24) is 24.0 Å². The number of nitrogens with one attached hydrogen (secondary N) is 1. The SMILES string of the molecule is Cn1c2c(n(CC(C)(C)C)c1=O)=CC=C(N1CCCC(CNc3cc(C#N)ccn3)C1)[N+]=2.[Cl-]. The molecular weight excluding hydrogens is 438 g/mol. The molecule has 0 spiro atoms. The summed E-state index contributed by atoms with van der Waals surface area (Å²) in [6.45, 7) is 9.69. The van der Waals surface area contributed by atoms with E-state index in [1.807, 2.05) is 16.7 Å². The Balaban J connectivity index is 0.00000306. The Morgan fingerprint density at radius 3 is 2.85 bits per heavy atom. The molecule has 4 rings (SSSR count). The lowest BCUT2D eigenvalue weighted by molar-refractivity contribution is -0.00000782. The molecule has 33 heavy (non-hydrogen) atoms. The lowest BCUT2D eigenvalue weighted by Crippen LogP contribution is -3.00. The van der Waals surface area contributed by atoms with Gasteiger partial charge in [0.2, 0.25) is 0 Å². The summed E-state index contributed by atoms with van der Waals surface area (Å²) in [7, 11) is 1.80. The van der Waals surface area contributed by atoms with Gasteiger partial charge in [-0.2, -0.15) is 5.26 Å². The van der Waals surface area contributed by atoms with E-state index in [4.69, 9.17) is 10.3 Å². The van der Waals surface area contributed by atoms with E-state index in [0.717, 1.165) is 55.0 Å². The first-order chi connectivity index (χ1) is 15.2. The number of pyridine rings is 1. The standard InChI is InChI=1S/C24H31N7O.ClH/c1-24(2,3)16-31-19-7-8-21(28-22(19)29(4)23(31)32)30-11-5-6-18(15-30)14-27-20-12-17(13-25)9-10-26-20;/h7-10,12,18H,5-6,11,14-16H2,1-4H3,(H,26,27);1H/q+1;/p-1. The molecule has 9 heteroatoms. The van der Waals surface area contributed by atoms with Crippen LogP contribution in [0.25, 0.3) is 6.08 Å². The van der Waals surface area contributed by atoms with Gasteiger partial charge in [0, 0.05) is 31.3 Å². The largest absolute Gasteiger partial charge is 1.00 e. The molecule has 2 aliphatic heterocycles. The molecule has 0 saturated carbocycles. The summed E-state index contributed by atoms with van der Waals surface area (Å²) in [6.07, 6.45) is 7.94. The van der Waals surface area contributed by atoms with Crippen LogP contribution in [0.5, 0.6) is 0 Å². The first-order valence-corrected chi connectivity index (χ1v) is 11.2. The van der Waals surface area contributed by atoms with Gasteiger partial charge in [-0.05, 0) is 36.5 Å². The number of piperidine rings is 1. The molecule has 1 atom stereocenters. The van der Waals surface area contributed by atoms with Crippen molar-refractivity contribution in [1.29, 1.82) is 5.26 Å². The van der Waals surface area contributed by atoms with Gasteiger partial charge in [-0.25, -0.2) is 14.3 Å². The topological polar surface area (TPSA) is 93.0 Å². The molecule has 4 heterocycles. The Bertz CT molecular complexity index is 1260. The van der Waals surface area contributed by atoms with Crippen LogP contribution in [0.15, 0.2) is 35.0 Å². The Morgan fingerprint density at radius 2 is 2.12 bits per heavy atom. The van der Waals surface area contributed by atoms with Crippen molar-refractivity contribution < 1.29 is 12.4 Å². The van der Waals surface area contributed by atoms with Gasteiger partial charge >= 0.3 is 5.69 Å². The van der Waals surface area contributed by atoms with Gasteiger partial charge in [0.25, 0.3) is 11.3 Å². The molecule has 1 radical (unpaired) electrons. The highest BCUT2D eigenvalue weighted by Gasteiger charge is 2.28.